The van der Waals surface area contributed by atoms with E-state index in [0.717, 1.165) is 11.3 Å². The van der Waals surface area contributed by atoms with E-state index in [2.05, 4.69) is 29.3 Å². The van der Waals surface area contributed by atoms with Gasteiger partial charge in [-0.15, -0.1) is 10.2 Å². The fraction of sp³-hybridized carbons (Fsp3) is 0.176. The van der Waals surface area contributed by atoms with Crippen LogP contribution in [0, 0.1) is 0 Å². The largest absolute Gasteiger partial charge is 0.496 e. The number of hydrogen-bond acceptors (Lipinski definition) is 5. The Labute approximate surface area is 133 Å². The van der Waals surface area contributed by atoms with Crippen LogP contribution in [-0.2, 0) is 0 Å². The van der Waals surface area contributed by atoms with Crippen LogP contribution in [0.4, 0.5) is 0 Å². The summed E-state index contributed by atoms with van der Waals surface area (Å²) in [6.07, 6.45) is 0. The van der Waals surface area contributed by atoms with Crippen molar-refractivity contribution in [3.8, 4) is 17.2 Å². The highest BCUT2D eigenvalue weighted by molar-refractivity contribution is 7.99. The molecule has 1 atom stereocenters. The lowest BCUT2D eigenvalue weighted by molar-refractivity contribution is 0.411. The zero-order valence-electron chi connectivity index (χ0n) is 12.4. The second-order valence-corrected chi connectivity index (χ2v) is 6.04. The van der Waals surface area contributed by atoms with Gasteiger partial charge in [0.25, 0.3) is 11.1 Å². The van der Waals surface area contributed by atoms with Gasteiger partial charge in [-0.3, -0.25) is 0 Å². The quantitative estimate of drug-likeness (QED) is 0.644. The topological polar surface area (TPSA) is 48.2 Å². The Balaban J connectivity index is 1.79. The molecule has 0 aliphatic heterocycles. The number of benzene rings is 2. The first-order valence-corrected chi connectivity index (χ1v) is 7.84. The van der Waals surface area contributed by atoms with Crippen LogP contribution in [0.25, 0.3) is 11.5 Å². The standard InChI is InChI=1S/C17H16N2O2S/c1-12(13-8-4-3-5-9-13)22-17-19-18-16(21-17)14-10-6-7-11-15(14)20-2/h3-12H,1-2H3. The van der Waals surface area contributed by atoms with Crippen LogP contribution in [-0.4, -0.2) is 17.3 Å². The van der Waals surface area contributed by atoms with E-state index in [1.807, 2.05) is 42.5 Å². The lowest BCUT2D eigenvalue weighted by Gasteiger charge is -2.07. The van der Waals surface area contributed by atoms with Crippen LogP contribution in [0.2, 0.25) is 0 Å². The molecule has 0 N–H and O–H groups in total. The van der Waals surface area contributed by atoms with Gasteiger partial charge < -0.3 is 9.15 Å². The Kier molecular flexibility index (Phi) is 4.44. The summed E-state index contributed by atoms with van der Waals surface area (Å²) in [7, 11) is 1.63. The number of hydrogen-bond donors (Lipinski definition) is 0. The molecule has 1 unspecified atom stereocenters. The predicted octanol–water partition coefficient (Wildman–Crippen LogP) is 4.60. The highest BCUT2D eigenvalue weighted by Crippen LogP contribution is 2.36. The van der Waals surface area contributed by atoms with Gasteiger partial charge in [0.05, 0.1) is 12.7 Å². The third-order valence-electron chi connectivity index (χ3n) is 3.29. The first-order valence-electron chi connectivity index (χ1n) is 6.96. The van der Waals surface area contributed by atoms with Crippen LogP contribution in [0.1, 0.15) is 17.7 Å². The van der Waals surface area contributed by atoms with Gasteiger partial charge in [0.15, 0.2) is 0 Å². The molecule has 112 valence electrons. The van der Waals surface area contributed by atoms with E-state index >= 15 is 0 Å². The molecule has 1 aromatic heterocycles. The molecule has 0 aliphatic carbocycles. The second kappa shape index (κ2) is 6.66. The number of thioether (sulfide) groups is 1. The third kappa shape index (κ3) is 3.14. The van der Waals surface area contributed by atoms with Gasteiger partial charge in [0, 0.05) is 5.25 Å². The Morgan fingerprint density at radius 3 is 2.50 bits per heavy atom. The van der Waals surface area contributed by atoms with Crippen molar-refractivity contribution in [1.29, 1.82) is 0 Å². The number of para-hydroxylation sites is 1. The van der Waals surface area contributed by atoms with Crippen molar-refractivity contribution >= 4 is 11.8 Å². The summed E-state index contributed by atoms with van der Waals surface area (Å²) in [5.41, 5.74) is 2.03. The zero-order chi connectivity index (χ0) is 15.4. The van der Waals surface area contributed by atoms with E-state index in [1.54, 1.807) is 18.9 Å². The summed E-state index contributed by atoms with van der Waals surface area (Å²) < 4.78 is 11.1. The molecule has 0 bridgehead atoms. The number of ether oxygens (including phenoxy) is 1. The summed E-state index contributed by atoms with van der Waals surface area (Å²) in [4.78, 5) is 0. The van der Waals surface area contributed by atoms with Crippen molar-refractivity contribution in [3.63, 3.8) is 0 Å². The highest BCUT2D eigenvalue weighted by atomic mass is 32.2. The smallest absolute Gasteiger partial charge is 0.277 e. The van der Waals surface area contributed by atoms with E-state index < -0.39 is 0 Å². The molecule has 0 radical (unpaired) electrons. The second-order valence-electron chi connectivity index (χ2n) is 4.74. The molecule has 0 spiro atoms. The number of nitrogens with zero attached hydrogens (tertiary/aromatic N) is 2. The van der Waals surface area contributed by atoms with Crippen molar-refractivity contribution in [1.82, 2.24) is 10.2 Å². The minimum Gasteiger partial charge on any atom is -0.496 e. The highest BCUT2D eigenvalue weighted by Gasteiger charge is 2.16. The van der Waals surface area contributed by atoms with Gasteiger partial charge in [0.1, 0.15) is 5.75 Å². The molecular weight excluding hydrogens is 296 g/mol. The Morgan fingerprint density at radius 1 is 1.00 bits per heavy atom. The van der Waals surface area contributed by atoms with Crippen LogP contribution < -0.4 is 4.74 Å². The SMILES string of the molecule is COc1ccccc1-c1nnc(SC(C)c2ccccc2)o1. The van der Waals surface area contributed by atoms with E-state index in [1.165, 1.54) is 5.56 Å². The summed E-state index contributed by atoms with van der Waals surface area (Å²) in [6, 6.07) is 17.9. The minimum atomic E-state index is 0.243. The molecule has 0 saturated heterocycles. The van der Waals surface area contributed by atoms with E-state index in [4.69, 9.17) is 9.15 Å². The fourth-order valence-electron chi connectivity index (χ4n) is 2.13. The Hall–Kier alpha value is -2.27. The van der Waals surface area contributed by atoms with Crippen molar-refractivity contribution in [2.45, 2.75) is 17.4 Å². The fourth-order valence-corrected chi connectivity index (χ4v) is 2.94. The van der Waals surface area contributed by atoms with Crippen LogP contribution >= 0.6 is 11.8 Å². The van der Waals surface area contributed by atoms with Gasteiger partial charge in [-0.05, 0) is 24.6 Å². The monoisotopic (exact) mass is 312 g/mol. The molecule has 1 heterocycles. The lowest BCUT2D eigenvalue weighted by atomic mass is 10.2. The van der Waals surface area contributed by atoms with E-state index in [0.29, 0.717) is 11.1 Å². The molecule has 0 aliphatic rings. The van der Waals surface area contributed by atoms with Crippen LogP contribution in [0.3, 0.4) is 0 Å². The minimum absolute atomic E-state index is 0.243. The molecule has 5 heteroatoms. The molecule has 0 fully saturated rings. The molecular formula is C17H16N2O2S. The molecule has 3 rings (SSSR count). The van der Waals surface area contributed by atoms with E-state index in [9.17, 15) is 0 Å². The van der Waals surface area contributed by atoms with Crippen molar-refractivity contribution < 1.29 is 9.15 Å². The lowest BCUT2D eigenvalue weighted by Crippen LogP contribution is -1.87. The normalized spacial score (nSPS) is 12.1. The van der Waals surface area contributed by atoms with Crippen molar-refractivity contribution in [2.24, 2.45) is 0 Å². The third-order valence-corrected chi connectivity index (χ3v) is 4.28. The van der Waals surface area contributed by atoms with E-state index in [-0.39, 0.29) is 5.25 Å². The molecule has 0 amide bonds. The summed E-state index contributed by atoms with van der Waals surface area (Å²) in [5, 5.41) is 9.04. The number of rotatable bonds is 5. The van der Waals surface area contributed by atoms with Gasteiger partial charge in [0.2, 0.25) is 0 Å². The molecule has 3 aromatic rings. The molecule has 22 heavy (non-hydrogen) atoms. The summed E-state index contributed by atoms with van der Waals surface area (Å²) >= 11 is 1.54. The van der Waals surface area contributed by atoms with Crippen molar-refractivity contribution in [3.05, 3.63) is 60.2 Å². The average Bonchev–Trinajstić information content (AvgIpc) is 3.04. The molecule has 4 nitrogen and oxygen atoms in total. The maximum absolute atomic E-state index is 5.77. The Bertz CT molecular complexity index is 743. The maximum atomic E-state index is 5.77. The Morgan fingerprint density at radius 2 is 1.73 bits per heavy atom. The predicted molar refractivity (Wildman–Crippen MR) is 87.0 cm³/mol. The van der Waals surface area contributed by atoms with Gasteiger partial charge in [-0.2, -0.15) is 0 Å². The average molecular weight is 312 g/mol. The zero-order valence-corrected chi connectivity index (χ0v) is 13.2. The summed E-state index contributed by atoms with van der Waals surface area (Å²) in [6.45, 7) is 2.12. The first-order chi connectivity index (χ1) is 10.8. The molecule has 2 aromatic carbocycles. The number of aromatic nitrogens is 2. The van der Waals surface area contributed by atoms with Crippen LogP contribution in [0.15, 0.2) is 64.2 Å². The summed E-state index contributed by atoms with van der Waals surface area (Å²) in [5.74, 6) is 1.19. The maximum Gasteiger partial charge on any atom is 0.277 e. The van der Waals surface area contributed by atoms with Gasteiger partial charge >= 0.3 is 0 Å². The van der Waals surface area contributed by atoms with Gasteiger partial charge in [-0.25, -0.2) is 0 Å². The first kappa shape index (κ1) is 14.7. The van der Waals surface area contributed by atoms with Crippen LogP contribution in [0.5, 0.6) is 5.75 Å². The van der Waals surface area contributed by atoms with Crippen molar-refractivity contribution in [2.75, 3.05) is 7.11 Å². The number of methoxy groups -OCH3 is 1. The molecule has 0 saturated carbocycles. The van der Waals surface area contributed by atoms with Gasteiger partial charge in [-0.1, -0.05) is 54.2 Å².